The molecule has 134 valence electrons. The molecular formula is C16H14F5N3O. The highest BCUT2D eigenvalue weighted by Crippen LogP contribution is 2.31. The zero-order chi connectivity index (χ0) is 18.2. The van der Waals surface area contributed by atoms with Gasteiger partial charge in [-0.1, -0.05) is 6.07 Å². The highest BCUT2D eigenvalue weighted by atomic mass is 19.4. The van der Waals surface area contributed by atoms with Crippen LogP contribution in [0.2, 0.25) is 0 Å². The summed E-state index contributed by atoms with van der Waals surface area (Å²) < 4.78 is 65.1. The molecule has 0 radical (unpaired) electrons. The van der Waals surface area contributed by atoms with Crippen LogP contribution in [-0.2, 0) is 6.18 Å². The highest BCUT2D eigenvalue weighted by Gasteiger charge is 2.35. The summed E-state index contributed by atoms with van der Waals surface area (Å²) in [5, 5.41) is 0. The van der Waals surface area contributed by atoms with Crippen LogP contribution in [0, 0.1) is 11.6 Å². The summed E-state index contributed by atoms with van der Waals surface area (Å²) in [6.07, 6.45) is -2.75. The van der Waals surface area contributed by atoms with Gasteiger partial charge in [-0.25, -0.2) is 13.8 Å². The van der Waals surface area contributed by atoms with E-state index in [1.165, 1.54) is 17.0 Å². The minimum atomic E-state index is -4.53. The fourth-order valence-corrected chi connectivity index (χ4v) is 2.91. The maximum atomic E-state index is 13.8. The van der Waals surface area contributed by atoms with Crippen molar-refractivity contribution in [3.8, 4) is 0 Å². The Labute approximate surface area is 139 Å². The Kier molecular flexibility index (Phi) is 4.49. The van der Waals surface area contributed by atoms with Crippen LogP contribution in [-0.4, -0.2) is 33.9 Å². The number of aromatic amines is 1. The van der Waals surface area contributed by atoms with Crippen molar-refractivity contribution in [1.82, 2.24) is 14.9 Å². The van der Waals surface area contributed by atoms with Crippen molar-refractivity contribution in [2.24, 2.45) is 0 Å². The number of hydrogen-bond acceptors (Lipinski definition) is 2. The van der Waals surface area contributed by atoms with Crippen LogP contribution in [0.25, 0.3) is 0 Å². The molecule has 1 saturated heterocycles. The summed E-state index contributed by atoms with van der Waals surface area (Å²) in [6.45, 7) is 0.401. The molecule has 1 aromatic heterocycles. The van der Waals surface area contributed by atoms with Gasteiger partial charge in [0.05, 0.1) is 11.8 Å². The number of aromatic nitrogens is 2. The molecule has 1 aliphatic heterocycles. The summed E-state index contributed by atoms with van der Waals surface area (Å²) in [6, 6.07) is 3.32. The number of halogens is 5. The van der Waals surface area contributed by atoms with E-state index in [1.54, 1.807) is 0 Å². The van der Waals surface area contributed by atoms with E-state index in [0.29, 0.717) is 25.6 Å². The first-order chi connectivity index (χ1) is 11.8. The second-order valence-corrected chi connectivity index (χ2v) is 5.87. The molecule has 3 rings (SSSR count). The molecule has 1 amide bonds. The Hall–Kier alpha value is -2.45. The fourth-order valence-electron chi connectivity index (χ4n) is 2.91. The molecule has 9 heteroatoms. The van der Waals surface area contributed by atoms with Crippen LogP contribution >= 0.6 is 0 Å². The van der Waals surface area contributed by atoms with E-state index in [0.717, 1.165) is 6.07 Å². The number of piperidine rings is 1. The molecule has 1 N–H and O–H groups in total. The third-order valence-corrected chi connectivity index (χ3v) is 4.18. The summed E-state index contributed by atoms with van der Waals surface area (Å²) in [5.41, 5.74) is -1.35. The lowest BCUT2D eigenvalue weighted by Gasteiger charge is -2.32. The number of carbonyl (C=O) groups excluding carboxylic acids is 1. The molecule has 1 fully saturated rings. The monoisotopic (exact) mass is 359 g/mol. The highest BCUT2D eigenvalue weighted by molar-refractivity contribution is 5.94. The van der Waals surface area contributed by atoms with Gasteiger partial charge in [0.1, 0.15) is 11.5 Å². The minimum absolute atomic E-state index is 0.0829. The molecule has 1 aromatic carbocycles. The van der Waals surface area contributed by atoms with Gasteiger partial charge >= 0.3 is 6.18 Å². The average molecular weight is 359 g/mol. The van der Waals surface area contributed by atoms with Crippen LogP contribution in [0.4, 0.5) is 22.0 Å². The lowest BCUT2D eigenvalue weighted by molar-refractivity contribution is -0.141. The second-order valence-electron chi connectivity index (χ2n) is 5.87. The number of imidazole rings is 1. The number of carbonyl (C=O) groups is 1. The number of likely N-dealkylation sites (tertiary alicyclic amines) is 1. The van der Waals surface area contributed by atoms with Crippen LogP contribution in [0.5, 0.6) is 0 Å². The van der Waals surface area contributed by atoms with Crippen molar-refractivity contribution in [2.45, 2.75) is 24.9 Å². The van der Waals surface area contributed by atoms with Gasteiger partial charge in [-0.3, -0.25) is 4.79 Å². The minimum Gasteiger partial charge on any atom is -0.338 e. The standard InChI is InChI=1S/C16H14F5N3O/c17-11-5-1-4-10(13(11)18)15(25)24-6-2-3-9(8-24)14-22-7-12(23-14)16(19,20)21/h1,4-5,7,9H,2-3,6,8H2,(H,22,23)/t9-/m1/s1. The van der Waals surface area contributed by atoms with Gasteiger partial charge in [-0.05, 0) is 25.0 Å². The van der Waals surface area contributed by atoms with Crippen molar-refractivity contribution in [3.05, 3.63) is 53.1 Å². The Morgan fingerprint density at radius 1 is 1.28 bits per heavy atom. The average Bonchev–Trinajstić information content (AvgIpc) is 3.07. The molecule has 25 heavy (non-hydrogen) atoms. The van der Waals surface area contributed by atoms with Gasteiger partial charge in [0.15, 0.2) is 11.6 Å². The van der Waals surface area contributed by atoms with Crippen molar-refractivity contribution in [1.29, 1.82) is 0 Å². The third kappa shape index (κ3) is 3.49. The van der Waals surface area contributed by atoms with Crippen molar-refractivity contribution in [2.75, 3.05) is 13.1 Å². The first-order valence-electron chi connectivity index (χ1n) is 7.62. The molecule has 1 atom stereocenters. The second kappa shape index (κ2) is 6.45. The molecule has 2 heterocycles. The lowest BCUT2D eigenvalue weighted by atomic mass is 9.96. The van der Waals surface area contributed by atoms with Gasteiger partial charge in [0.2, 0.25) is 0 Å². The van der Waals surface area contributed by atoms with Gasteiger partial charge in [0, 0.05) is 19.0 Å². The first kappa shape index (κ1) is 17.4. The van der Waals surface area contributed by atoms with Crippen molar-refractivity contribution >= 4 is 5.91 Å². The zero-order valence-electron chi connectivity index (χ0n) is 12.9. The Morgan fingerprint density at radius 3 is 2.72 bits per heavy atom. The normalized spacial score (nSPS) is 18.4. The van der Waals surface area contributed by atoms with Gasteiger partial charge in [-0.15, -0.1) is 0 Å². The van der Waals surface area contributed by atoms with Crippen LogP contribution < -0.4 is 0 Å². The lowest BCUT2D eigenvalue weighted by Crippen LogP contribution is -2.39. The SMILES string of the molecule is O=C(c1cccc(F)c1F)N1CCC[C@@H](c2ncc(C(F)(F)F)[nH]2)C1. The Bertz CT molecular complexity index is 786. The zero-order valence-corrected chi connectivity index (χ0v) is 12.9. The van der Waals surface area contributed by atoms with Crippen LogP contribution in [0.15, 0.2) is 24.4 Å². The molecule has 0 unspecified atom stereocenters. The Balaban J connectivity index is 1.78. The molecule has 2 aromatic rings. The Morgan fingerprint density at radius 2 is 2.04 bits per heavy atom. The van der Waals surface area contributed by atoms with Crippen molar-refractivity contribution < 1.29 is 26.7 Å². The summed E-state index contributed by atoms with van der Waals surface area (Å²) in [5.74, 6) is -3.34. The quantitative estimate of drug-likeness (QED) is 0.831. The fraction of sp³-hybridized carbons (Fsp3) is 0.375. The van der Waals surface area contributed by atoms with E-state index >= 15 is 0 Å². The van der Waals surface area contributed by atoms with E-state index in [9.17, 15) is 26.7 Å². The van der Waals surface area contributed by atoms with Crippen LogP contribution in [0.3, 0.4) is 0 Å². The molecule has 0 spiro atoms. The molecule has 1 aliphatic rings. The third-order valence-electron chi connectivity index (χ3n) is 4.18. The number of amides is 1. The molecular weight excluding hydrogens is 345 g/mol. The summed E-state index contributed by atoms with van der Waals surface area (Å²) in [7, 11) is 0. The topological polar surface area (TPSA) is 49.0 Å². The van der Waals surface area contributed by atoms with E-state index in [-0.39, 0.29) is 12.4 Å². The predicted octanol–water partition coefficient (Wildman–Crippen LogP) is 3.73. The molecule has 0 bridgehead atoms. The van der Waals surface area contributed by atoms with Gasteiger partial charge in [-0.2, -0.15) is 13.2 Å². The van der Waals surface area contributed by atoms with E-state index in [4.69, 9.17) is 0 Å². The number of nitrogens with zero attached hydrogens (tertiary/aromatic N) is 2. The van der Waals surface area contributed by atoms with Crippen molar-refractivity contribution in [3.63, 3.8) is 0 Å². The molecule has 4 nitrogen and oxygen atoms in total. The van der Waals surface area contributed by atoms with Gasteiger partial charge < -0.3 is 9.88 Å². The van der Waals surface area contributed by atoms with Crippen LogP contribution in [0.1, 0.15) is 40.6 Å². The van der Waals surface area contributed by atoms with E-state index in [2.05, 4.69) is 9.97 Å². The first-order valence-corrected chi connectivity index (χ1v) is 7.62. The number of alkyl halides is 3. The maximum absolute atomic E-state index is 13.8. The van der Waals surface area contributed by atoms with E-state index in [1.807, 2.05) is 0 Å². The number of H-pyrrole nitrogens is 1. The smallest absolute Gasteiger partial charge is 0.338 e. The largest absolute Gasteiger partial charge is 0.432 e. The predicted molar refractivity (Wildman–Crippen MR) is 77.8 cm³/mol. The number of hydrogen-bond donors (Lipinski definition) is 1. The number of nitrogens with one attached hydrogen (secondary N) is 1. The summed E-state index contributed by atoms with van der Waals surface area (Å²) in [4.78, 5) is 19.7. The molecule has 0 aliphatic carbocycles. The summed E-state index contributed by atoms with van der Waals surface area (Å²) >= 11 is 0. The number of rotatable bonds is 2. The maximum Gasteiger partial charge on any atom is 0.432 e. The molecule has 0 saturated carbocycles. The van der Waals surface area contributed by atoms with E-state index < -0.39 is 40.9 Å². The van der Waals surface area contributed by atoms with Gasteiger partial charge in [0.25, 0.3) is 5.91 Å². The number of benzene rings is 1.